The molecule has 12 heteroatoms. The van der Waals surface area contributed by atoms with Crippen LogP contribution in [0, 0.1) is 11.3 Å². The van der Waals surface area contributed by atoms with Gasteiger partial charge in [0.1, 0.15) is 5.82 Å². The Hall–Kier alpha value is -3.36. The minimum absolute atomic E-state index is 0.00471. The fourth-order valence-electron chi connectivity index (χ4n) is 4.86. The van der Waals surface area contributed by atoms with Gasteiger partial charge in [-0.1, -0.05) is 83.6 Å². The van der Waals surface area contributed by atoms with Crippen LogP contribution < -0.4 is 16.0 Å². The number of benzene rings is 2. The van der Waals surface area contributed by atoms with Crippen molar-refractivity contribution in [1.29, 1.82) is 5.26 Å². The van der Waals surface area contributed by atoms with E-state index in [0.717, 1.165) is 17.7 Å². The molecule has 0 saturated heterocycles. The molecule has 0 fully saturated rings. The van der Waals surface area contributed by atoms with Crippen molar-refractivity contribution in [2.24, 2.45) is 5.73 Å². The Morgan fingerprint density at radius 3 is 2.60 bits per heavy atom. The number of thioether (sulfide) groups is 1. The maximum atomic E-state index is 13.3. The van der Waals surface area contributed by atoms with Crippen molar-refractivity contribution < 1.29 is 9.59 Å². The average Bonchev–Trinajstić information content (AvgIpc) is 3.42. The van der Waals surface area contributed by atoms with Gasteiger partial charge in [0, 0.05) is 17.7 Å². The van der Waals surface area contributed by atoms with Crippen molar-refractivity contribution in [2.45, 2.75) is 42.9 Å². The molecule has 1 aliphatic heterocycles. The lowest BCUT2D eigenvalue weighted by Crippen LogP contribution is -2.38. The second kappa shape index (κ2) is 12.0. The van der Waals surface area contributed by atoms with Crippen molar-refractivity contribution >= 4 is 68.8 Å². The maximum absolute atomic E-state index is 13.3. The number of carbonyl (C=O) groups excluding carboxylic acids is 2. The topological polar surface area (TPSA) is 125 Å². The highest BCUT2D eigenvalue weighted by Gasteiger charge is 2.41. The Bertz CT molecular complexity index is 1570. The molecule has 40 heavy (non-hydrogen) atoms. The molecule has 0 saturated carbocycles. The number of nitriles is 1. The fourth-order valence-corrected chi connectivity index (χ4v) is 7.03. The Morgan fingerprint density at radius 1 is 1.20 bits per heavy atom. The number of rotatable bonds is 7. The molecule has 1 aromatic heterocycles. The number of halogens is 2. The van der Waals surface area contributed by atoms with Crippen molar-refractivity contribution in [3.05, 3.63) is 86.3 Å². The number of anilines is 2. The molecule has 2 aromatic carbocycles. The van der Waals surface area contributed by atoms with E-state index in [0.29, 0.717) is 55.6 Å². The van der Waals surface area contributed by atoms with Gasteiger partial charge in [0.05, 0.1) is 39.0 Å². The Kier molecular flexibility index (Phi) is 8.47. The number of nitrogens with two attached hydrogens (primary N) is 1. The number of nitrogens with one attached hydrogen (secondary N) is 1. The summed E-state index contributed by atoms with van der Waals surface area (Å²) in [5.41, 5.74) is 10.6. The quantitative estimate of drug-likeness (QED) is 0.293. The number of amides is 1. The molecule has 1 atom stereocenters. The summed E-state index contributed by atoms with van der Waals surface area (Å²) in [7, 11) is 0. The Morgan fingerprint density at radius 2 is 1.93 bits per heavy atom. The molecule has 3 aromatic rings. The van der Waals surface area contributed by atoms with E-state index in [1.807, 2.05) is 24.3 Å². The van der Waals surface area contributed by atoms with E-state index in [1.54, 1.807) is 23.1 Å². The van der Waals surface area contributed by atoms with E-state index in [1.165, 1.54) is 28.7 Å². The molecule has 1 aliphatic carbocycles. The van der Waals surface area contributed by atoms with Gasteiger partial charge in [-0.2, -0.15) is 5.26 Å². The number of hydrogen-bond acceptors (Lipinski definition) is 9. The monoisotopic (exact) mass is 610 g/mol. The lowest BCUT2D eigenvalue weighted by molar-refractivity contribution is -0.116. The highest BCUT2D eigenvalue weighted by molar-refractivity contribution is 8.01. The summed E-state index contributed by atoms with van der Waals surface area (Å²) in [6.45, 7) is 2.08. The fraction of sp³-hybridized carbons (Fsp3) is 0.250. The first-order chi connectivity index (χ1) is 19.3. The lowest BCUT2D eigenvalue weighted by atomic mass is 9.75. The van der Waals surface area contributed by atoms with E-state index in [-0.39, 0.29) is 23.3 Å². The Labute approximate surface area is 249 Å². The summed E-state index contributed by atoms with van der Waals surface area (Å²) < 4.78 is 0.531. The third-order valence-corrected chi connectivity index (χ3v) is 9.45. The number of allylic oxidation sites excluding steroid dienone is 3. The average molecular weight is 612 g/mol. The van der Waals surface area contributed by atoms with E-state index in [9.17, 15) is 14.9 Å². The first kappa shape index (κ1) is 28.2. The Balaban J connectivity index is 1.42. The van der Waals surface area contributed by atoms with Crippen LogP contribution in [0.3, 0.4) is 0 Å². The smallest absolute Gasteiger partial charge is 0.234 e. The second-order valence-electron chi connectivity index (χ2n) is 9.20. The zero-order chi connectivity index (χ0) is 28.4. The van der Waals surface area contributed by atoms with Crippen LogP contribution in [0.1, 0.15) is 43.2 Å². The summed E-state index contributed by atoms with van der Waals surface area (Å²) in [4.78, 5) is 27.5. The van der Waals surface area contributed by atoms with Crippen molar-refractivity contribution in [2.75, 3.05) is 16.0 Å². The zero-order valence-corrected chi connectivity index (χ0v) is 24.6. The summed E-state index contributed by atoms with van der Waals surface area (Å²) in [5, 5.41) is 22.6. The molecule has 204 valence electrons. The van der Waals surface area contributed by atoms with E-state index >= 15 is 0 Å². The van der Waals surface area contributed by atoms with Crippen LogP contribution in [0.4, 0.5) is 10.8 Å². The molecular formula is C28H24Cl2N6O2S2. The number of Topliss-reactive ketones (excluding diaryl/α,β-unsaturated/α-hetero) is 1. The first-order valence-corrected chi connectivity index (χ1v) is 15.1. The predicted molar refractivity (Wildman–Crippen MR) is 159 cm³/mol. The summed E-state index contributed by atoms with van der Waals surface area (Å²) in [6, 6.07) is 15.2. The van der Waals surface area contributed by atoms with Crippen molar-refractivity contribution in [3.8, 4) is 6.07 Å². The zero-order valence-electron chi connectivity index (χ0n) is 21.4. The van der Waals surface area contributed by atoms with Gasteiger partial charge in [0.25, 0.3) is 0 Å². The molecule has 5 rings (SSSR count). The number of aryl methyl sites for hydroxylation is 1. The lowest BCUT2D eigenvalue weighted by Gasteiger charge is -2.38. The first-order valence-electron chi connectivity index (χ1n) is 12.6. The minimum Gasteiger partial charge on any atom is -0.384 e. The molecular weight excluding hydrogens is 587 g/mol. The van der Waals surface area contributed by atoms with Crippen LogP contribution in [0.5, 0.6) is 0 Å². The highest BCUT2D eigenvalue weighted by atomic mass is 35.5. The number of nitrogens with zero attached hydrogens (tertiary/aromatic N) is 4. The van der Waals surface area contributed by atoms with Gasteiger partial charge >= 0.3 is 0 Å². The number of ketones is 1. The SMILES string of the molecule is CCc1ccc(C2C(C#N)=C(N)N(c3nnc(SCC(=O)Nc4c(Cl)cccc4Cl)s3)C3=C2C(=O)CCC3)cc1. The molecule has 2 aliphatic rings. The molecule has 1 unspecified atom stereocenters. The number of hydrogen-bond donors (Lipinski definition) is 2. The maximum Gasteiger partial charge on any atom is 0.234 e. The van der Waals surface area contributed by atoms with Gasteiger partial charge in [-0.25, -0.2) is 0 Å². The van der Waals surface area contributed by atoms with Gasteiger partial charge < -0.3 is 11.1 Å². The molecule has 0 bridgehead atoms. The number of carbonyl (C=O) groups is 2. The van der Waals surface area contributed by atoms with Gasteiger partial charge in [-0.15, -0.1) is 10.2 Å². The van der Waals surface area contributed by atoms with Crippen LogP contribution >= 0.6 is 46.3 Å². The molecule has 0 radical (unpaired) electrons. The van der Waals surface area contributed by atoms with E-state index < -0.39 is 5.92 Å². The molecule has 1 amide bonds. The second-order valence-corrected chi connectivity index (χ2v) is 12.2. The minimum atomic E-state index is -0.531. The summed E-state index contributed by atoms with van der Waals surface area (Å²) in [6.07, 6.45) is 2.60. The van der Waals surface area contributed by atoms with Crippen LogP contribution in [-0.4, -0.2) is 27.6 Å². The van der Waals surface area contributed by atoms with Crippen molar-refractivity contribution in [1.82, 2.24) is 10.2 Å². The summed E-state index contributed by atoms with van der Waals surface area (Å²) >= 11 is 14.7. The molecule has 0 spiro atoms. The van der Waals surface area contributed by atoms with Crippen LogP contribution in [0.25, 0.3) is 0 Å². The largest absolute Gasteiger partial charge is 0.384 e. The van der Waals surface area contributed by atoms with Crippen LogP contribution in [0.15, 0.2) is 69.5 Å². The molecule has 2 heterocycles. The predicted octanol–water partition coefficient (Wildman–Crippen LogP) is 6.44. The van der Waals surface area contributed by atoms with E-state index in [2.05, 4.69) is 28.5 Å². The van der Waals surface area contributed by atoms with Crippen LogP contribution in [0.2, 0.25) is 10.0 Å². The normalized spacial score (nSPS) is 17.1. The van der Waals surface area contributed by atoms with Crippen LogP contribution in [-0.2, 0) is 16.0 Å². The van der Waals surface area contributed by atoms with Crippen molar-refractivity contribution in [3.63, 3.8) is 0 Å². The third kappa shape index (κ3) is 5.47. The van der Waals surface area contributed by atoms with Gasteiger partial charge in [-0.05, 0) is 42.5 Å². The third-order valence-electron chi connectivity index (χ3n) is 6.78. The number of para-hydroxylation sites is 1. The van der Waals surface area contributed by atoms with Gasteiger partial charge in [-0.3, -0.25) is 14.5 Å². The summed E-state index contributed by atoms with van der Waals surface area (Å²) in [5.74, 6) is -0.546. The standard InChI is InChI=1S/C28H24Cl2N6O2S2/c1-2-15-9-11-16(12-10-15)23-17(13-31)26(32)36(20-7-4-8-21(37)24(20)23)27-34-35-28(40-27)39-14-22(38)33-25-18(29)5-3-6-19(25)30/h3,5-6,9-12,23H,2,4,7-8,14,32H2,1H3,(H,33,38). The molecule has 3 N–H and O–H groups in total. The highest BCUT2D eigenvalue weighted by Crippen LogP contribution is 2.47. The van der Waals surface area contributed by atoms with Gasteiger partial charge in [0.15, 0.2) is 10.1 Å². The van der Waals surface area contributed by atoms with E-state index in [4.69, 9.17) is 28.9 Å². The number of aromatic nitrogens is 2. The molecule has 8 nitrogen and oxygen atoms in total. The van der Waals surface area contributed by atoms with Gasteiger partial charge in [0.2, 0.25) is 11.0 Å².